The Bertz CT molecular complexity index is 1510. The molecule has 0 radical (unpaired) electrons. The molecule has 4 rings (SSSR count). The number of fused-ring (bicyclic) bond motifs is 1. The molecule has 2 atom stereocenters. The van der Waals surface area contributed by atoms with Gasteiger partial charge in [-0.3, -0.25) is 14.2 Å². The Morgan fingerprint density at radius 1 is 0.943 bits per heavy atom. The number of aryl methyl sites for hydroxylation is 1. The highest BCUT2D eigenvalue weighted by Crippen LogP contribution is 2.34. The molecule has 1 aromatic heterocycles. The van der Waals surface area contributed by atoms with E-state index in [-0.39, 0.29) is 22.9 Å². The summed E-state index contributed by atoms with van der Waals surface area (Å²) in [5, 5.41) is 21.3. The van der Waals surface area contributed by atoms with Crippen LogP contribution in [0.25, 0.3) is 16.6 Å². The third kappa shape index (κ3) is 4.89. The minimum Gasteiger partial charge on any atom is -0.481 e. The molecule has 0 bridgehead atoms. The number of carboxylic acids is 1. The van der Waals surface area contributed by atoms with Crippen molar-refractivity contribution < 1.29 is 15.0 Å². The van der Waals surface area contributed by atoms with E-state index in [2.05, 4.69) is 0 Å². The van der Waals surface area contributed by atoms with E-state index in [9.17, 15) is 24.6 Å². The Labute approximate surface area is 210 Å². The third-order valence-corrected chi connectivity index (χ3v) is 6.70. The zero-order valence-electron chi connectivity index (χ0n) is 18.7. The summed E-state index contributed by atoms with van der Waals surface area (Å²) in [4.78, 5) is 37.8. The lowest BCUT2D eigenvalue weighted by Crippen LogP contribution is -2.37. The van der Waals surface area contributed by atoms with Gasteiger partial charge < -0.3 is 10.2 Å². The number of hydrogen-bond acceptors (Lipinski definition) is 4. The minimum absolute atomic E-state index is 0.0920. The van der Waals surface area contributed by atoms with E-state index in [1.807, 2.05) is 0 Å². The van der Waals surface area contributed by atoms with Gasteiger partial charge in [0.1, 0.15) is 0 Å². The molecule has 35 heavy (non-hydrogen) atoms. The molecular weight excluding hydrogens is 491 g/mol. The Balaban J connectivity index is 1.61. The topological polar surface area (TPSA) is 102 Å². The lowest BCUT2D eigenvalue weighted by Gasteiger charge is -2.19. The van der Waals surface area contributed by atoms with Crippen LogP contribution in [0.2, 0.25) is 10.0 Å². The van der Waals surface area contributed by atoms with Gasteiger partial charge >= 0.3 is 11.7 Å². The van der Waals surface area contributed by atoms with Gasteiger partial charge in [-0.25, -0.2) is 9.36 Å². The number of carboxylic acid groups (broad SMARTS) is 1. The molecule has 180 valence electrons. The van der Waals surface area contributed by atoms with Crippen molar-refractivity contribution >= 4 is 40.1 Å². The average Bonchev–Trinajstić information content (AvgIpc) is 2.83. The first-order valence-electron chi connectivity index (χ1n) is 10.8. The number of aliphatic carboxylic acids is 1. The van der Waals surface area contributed by atoms with Gasteiger partial charge in [-0.15, -0.1) is 0 Å². The second kappa shape index (κ2) is 10.1. The highest BCUT2D eigenvalue weighted by Gasteiger charge is 2.25. The van der Waals surface area contributed by atoms with E-state index in [1.54, 1.807) is 73.8 Å². The molecule has 7 nitrogen and oxygen atoms in total. The maximum atomic E-state index is 13.0. The van der Waals surface area contributed by atoms with Crippen LogP contribution in [0, 0.1) is 5.92 Å². The molecule has 1 heterocycles. The van der Waals surface area contributed by atoms with Crippen molar-refractivity contribution in [3.05, 3.63) is 109 Å². The summed E-state index contributed by atoms with van der Waals surface area (Å²) >= 11 is 12.3. The predicted molar refractivity (Wildman–Crippen MR) is 136 cm³/mol. The average molecular weight is 513 g/mol. The molecule has 3 aromatic carbocycles. The van der Waals surface area contributed by atoms with Crippen molar-refractivity contribution in [1.29, 1.82) is 0 Å². The maximum Gasteiger partial charge on any atom is 0.335 e. The van der Waals surface area contributed by atoms with Crippen molar-refractivity contribution in [2.24, 2.45) is 13.0 Å². The number of nitrogens with zero attached hydrogens (tertiary/aromatic N) is 2. The van der Waals surface area contributed by atoms with Gasteiger partial charge in [0.2, 0.25) is 0 Å². The largest absolute Gasteiger partial charge is 0.481 e. The van der Waals surface area contributed by atoms with Crippen LogP contribution < -0.4 is 11.2 Å². The second-order valence-corrected chi connectivity index (χ2v) is 9.11. The van der Waals surface area contributed by atoms with Crippen LogP contribution in [0.5, 0.6) is 0 Å². The zero-order valence-corrected chi connectivity index (χ0v) is 20.2. The number of para-hydroxylation sites is 1. The van der Waals surface area contributed by atoms with Gasteiger partial charge in [0.25, 0.3) is 5.56 Å². The highest BCUT2D eigenvalue weighted by atomic mass is 35.5. The van der Waals surface area contributed by atoms with Crippen LogP contribution in [-0.2, 0) is 18.3 Å². The lowest BCUT2D eigenvalue weighted by molar-refractivity contribution is -0.142. The van der Waals surface area contributed by atoms with Crippen LogP contribution in [0.4, 0.5) is 0 Å². The second-order valence-electron chi connectivity index (χ2n) is 8.29. The van der Waals surface area contributed by atoms with E-state index in [0.29, 0.717) is 27.7 Å². The van der Waals surface area contributed by atoms with E-state index < -0.39 is 29.2 Å². The van der Waals surface area contributed by atoms with E-state index in [1.165, 1.54) is 4.57 Å². The van der Waals surface area contributed by atoms with E-state index >= 15 is 0 Å². The van der Waals surface area contributed by atoms with Gasteiger partial charge in [0.05, 0.1) is 28.6 Å². The third-order valence-electron chi connectivity index (χ3n) is 6.04. The monoisotopic (exact) mass is 512 g/mol. The standard InChI is InChI=1S/C26H22Cl2N2O5/c1-29-21-8-3-2-5-18(21)24(32)30(26(29)35)17-11-9-15(10-12-17)13-16(25(33)34)14-22(31)23-19(27)6-4-7-20(23)28/h2-12,16,22,31H,13-14H2,1H3,(H,33,34). The fourth-order valence-electron chi connectivity index (χ4n) is 4.19. The number of aliphatic hydroxyl groups is 1. The normalized spacial score (nSPS) is 13.0. The fraction of sp³-hybridized carbons (Fsp3) is 0.192. The summed E-state index contributed by atoms with van der Waals surface area (Å²) in [6.07, 6.45) is -1.12. The predicted octanol–water partition coefficient (Wildman–Crippen LogP) is 4.36. The van der Waals surface area contributed by atoms with Gasteiger partial charge in [-0.1, -0.05) is 53.5 Å². The molecule has 0 amide bonds. The van der Waals surface area contributed by atoms with Crippen molar-refractivity contribution in [3.8, 4) is 5.69 Å². The van der Waals surface area contributed by atoms with Crippen LogP contribution >= 0.6 is 23.2 Å². The molecule has 0 spiro atoms. The summed E-state index contributed by atoms with van der Waals surface area (Å²) in [6, 6.07) is 18.2. The Morgan fingerprint density at radius 3 is 2.20 bits per heavy atom. The molecule has 9 heteroatoms. The molecule has 2 N–H and O–H groups in total. The molecule has 0 fully saturated rings. The molecule has 0 aliphatic heterocycles. The SMILES string of the molecule is Cn1c(=O)n(-c2ccc(CC(CC(O)c3c(Cl)cccc3Cl)C(=O)O)cc2)c(=O)c2ccccc21. The Hall–Kier alpha value is -3.39. The van der Waals surface area contributed by atoms with Gasteiger partial charge in [-0.2, -0.15) is 0 Å². The van der Waals surface area contributed by atoms with Crippen molar-refractivity contribution in [2.45, 2.75) is 18.9 Å². The van der Waals surface area contributed by atoms with E-state index in [4.69, 9.17) is 23.2 Å². The molecular formula is C26H22Cl2N2O5. The van der Waals surface area contributed by atoms with Gasteiger partial charge in [0.15, 0.2) is 0 Å². The summed E-state index contributed by atoms with van der Waals surface area (Å²) in [6.45, 7) is 0. The molecule has 4 aromatic rings. The summed E-state index contributed by atoms with van der Waals surface area (Å²) in [5.74, 6) is -1.99. The van der Waals surface area contributed by atoms with Crippen LogP contribution in [-0.4, -0.2) is 25.3 Å². The van der Waals surface area contributed by atoms with Crippen molar-refractivity contribution in [2.75, 3.05) is 0 Å². The first kappa shape index (κ1) is 24.7. The lowest BCUT2D eigenvalue weighted by atomic mass is 9.91. The van der Waals surface area contributed by atoms with Gasteiger partial charge in [-0.05, 0) is 54.8 Å². The Kier molecular flexibility index (Phi) is 7.12. The quantitative estimate of drug-likeness (QED) is 0.383. The first-order chi connectivity index (χ1) is 16.7. The highest BCUT2D eigenvalue weighted by molar-refractivity contribution is 6.36. The number of aromatic nitrogens is 2. The van der Waals surface area contributed by atoms with Gasteiger partial charge in [0, 0.05) is 22.7 Å². The Morgan fingerprint density at radius 2 is 1.57 bits per heavy atom. The summed E-state index contributed by atoms with van der Waals surface area (Å²) < 4.78 is 2.50. The number of hydrogen-bond donors (Lipinski definition) is 2. The van der Waals surface area contributed by atoms with Crippen LogP contribution in [0.15, 0.2) is 76.3 Å². The molecule has 0 saturated carbocycles. The van der Waals surface area contributed by atoms with Crippen LogP contribution in [0.3, 0.4) is 0 Å². The molecule has 2 unspecified atom stereocenters. The summed E-state index contributed by atoms with van der Waals surface area (Å²) in [7, 11) is 1.60. The fourth-order valence-corrected chi connectivity index (χ4v) is 4.84. The van der Waals surface area contributed by atoms with Crippen LogP contribution in [0.1, 0.15) is 23.7 Å². The zero-order chi connectivity index (χ0) is 25.3. The smallest absolute Gasteiger partial charge is 0.335 e. The molecule has 0 aliphatic carbocycles. The van der Waals surface area contributed by atoms with E-state index in [0.717, 1.165) is 4.57 Å². The molecule has 0 aliphatic rings. The summed E-state index contributed by atoms with van der Waals surface area (Å²) in [5.41, 5.74) is 0.967. The van der Waals surface area contributed by atoms with Crippen molar-refractivity contribution in [3.63, 3.8) is 0 Å². The maximum absolute atomic E-state index is 13.0. The first-order valence-corrected chi connectivity index (χ1v) is 11.6. The number of halogens is 2. The number of benzene rings is 3. The number of rotatable bonds is 7. The number of aliphatic hydroxyl groups excluding tert-OH is 1. The molecule has 0 saturated heterocycles. The number of carbonyl (C=O) groups is 1. The minimum atomic E-state index is -1.16. The van der Waals surface area contributed by atoms with Crippen molar-refractivity contribution in [1.82, 2.24) is 9.13 Å².